The molecule has 0 radical (unpaired) electrons. The van der Waals surface area contributed by atoms with Gasteiger partial charge in [-0.05, 0) is 25.7 Å². The van der Waals surface area contributed by atoms with Crippen LogP contribution in [0.25, 0.3) is 0 Å². The molecule has 0 aliphatic heterocycles. The van der Waals surface area contributed by atoms with E-state index >= 15 is 0 Å². The number of unbranched alkanes of at least 4 members (excludes halogenated alkanes) is 6. The van der Waals surface area contributed by atoms with Crippen LogP contribution in [-0.2, 0) is 9.47 Å². The van der Waals surface area contributed by atoms with E-state index in [1.54, 1.807) is 0 Å². The molecule has 0 fully saturated rings. The minimum absolute atomic E-state index is 0.0675. The number of ether oxygens (including phenoxy) is 2. The van der Waals surface area contributed by atoms with Crippen molar-refractivity contribution >= 4 is 22.1 Å². The topological polar surface area (TPSA) is 35.5 Å². The van der Waals surface area contributed by atoms with Crippen LogP contribution < -0.4 is 0 Å². The van der Waals surface area contributed by atoms with Gasteiger partial charge in [0, 0.05) is 11.8 Å². The van der Waals surface area contributed by atoms with Crippen LogP contribution in [0.4, 0.5) is 26.7 Å². The maximum absolute atomic E-state index is 12.6. The fourth-order valence-corrected chi connectivity index (χ4v) is 2.24. The molecular weight excluding hydrogens is 403 g/mol. The van der Waals surface area contributed by atoms with Crippen molar-refractivity contribution in [1.29, 1.82) is 0 Å². The Morgan fingerprint density at radius 2 is 1.21 bits per heavy atom. The summed E-state index contributed by atoms with van der Waals surface area (Å²) in [4.78, 5) is 11.2. The lowest BCUT2D eigenvalue weighted by Gasteiger charge is -2.19. The van der Waals surface area contributed by atoms with Crippen LogP contribution >= 0.6 is 15.9 Å². The lowest BCUT2D eigenvalue weighted by atomic mass is 10.1. The third-order valence-electron chi connectivity index (χ3n) is 3.27. The second-order valence-corrected chi connectivity index (χ2v) is 6.21. The molecule has 0 aromatic heterocycles. The van der Waals surface area contributed by atoms with Crippen LogP contribution in [-0.4, -0.2) is 36.8 Å². The molecule has 0 aromatic carbocycles. The summed E-state index contributed by atoms with van der Waals surface area (Å²) in [7, 11) is 0. The average Bonchev–Trinajstić information content (AvgIpc) is 2.48. The monoisotopic (exact) mass is 426 g/mol. The zero-order valence-electron chi connectivity index (χ0n) is 13.5. The van der Waals surface area contributed by atoms with Gasteiger partial charge in [0.05, 0.1) is 13.2 Å². The van der Waals surface area contributed by atoms with Gasteiger partial charge in [0.2, 0.25) is 0 Å². The van der Waals surface area contributed by atoms with Crippen molar-refractivity contribution < 1.29 is 36.2 Å². The molecule has 0 atom stereocenters. The smallest absolute Gasteiger partial charge is 0.434 e. The molecule has 0 aliphatic rings. The number of hydrogen-bond donors (Lipinski definition) is 0. The maximum Gasteiger partial charge on any atom is 0.508 e. The first-order valence-corrected chi connectivity index (χ1v) is 9.13. The molecule has 0 amide bonds. The molecule has 24 heavy (non-hydrogen) atoms. The van der Waals surface area contributed by atoms with Crippen molar-refractivity contribution in [3.63, 3.8) is 0 Å². The molecule has 0 unspecified atom stereocenters. The van der Waals surface area contributed by atoms with Crippen LogP contribution in [0.5, 0.6) is 0 Å². The number of halogens is 6. The van der Waals surface area contributed by atoms with Crippen molar-refractivity contribution in [2.24, 2.45) is 0 Å². The van der Waals surface area contributed by atoms with Gasteiger partial charge >= 0.3 is 18.3 Å². The first-order valence-electron chi connectivity index (χ1n) is 8.01. The van der Waals surface area contributed by atoms with Crippen molar-refractivity contribution in [3.8, 4) is 0 Å². The van der Waals surface area contributed by atoms with Crippen LogP contribution in [0, 0.1) is 0 Å². The van der Waals surface area contributed by atoms with Gasteiger partial charge in [-0.3, -0.25) is 0 Å². The molecule has 0 aromatic rings. The highest BCUT2D eigenvalue weighted by atomic mass is 79.9. The van der Waals surface area contributed by atoms with E-state index in [9.17, 15) is 26.7 Å². The molecular formula is C15H24BrF5O3. The van der Waals surface area contributed by atoms with Crippen LogP contribution in [0.1, 0.15) is 57.8 Å². The maximum atomic E-state index is 12.6. The molecule has 0 N–H and O–H groups in total. The van der Waals surface area contributed by atoms with E-state index in [0.29, 0.717) is 12.8 Å². The summed E-state index contributed by atoms with van der Waals surface area (Å²) in [6, 6.07) is 0. The normalized spacial score (nSPS) is 12.2. The molecule has 0 aliphatic carbocycles. The Labute approximate surface area is 147 Å². The second-order valence-electron chi connectivity index (χ2n) is 5.42. The van der Waals surface area contributed by atoms with Crippen LogP contribution in [0.3, 0.4) is 0 Å². The van der Waals surface area contributed by atoms with E-state index in [0.717, 1.165) is 31.0 Å². The largest absolute Gasteiger partial charge is 0.508 e. The lowest BCUT2D eigenvalue weighted by Crippen LogP contribution is -2.36. The van der Waals surface area contributed by atoms with Gasteiger partial charge in [-0.15, -0.1) is 0 Å². The third-order valence-corrected chi connectivity index (χ3v) is 3.83. The van der Waals surface area contributed by atoms with Crippen LogP contribution in [0.2, 0.25) is 0 Å². The molecule has 144 valence electrons. The number of hydrogen-bond acceptors (Lipinski definition) is 3. The Morgan fingerprint density at radius 3 is 1.67 bits per heavy atom. The van der Waals surface area contributed by atoms with Crippen molar-refractivity contribution in [2.45, 2.75) is 69.9 Å². The standard InChI is InChI=1S/C15H24BrF5O3/c16-10-6-2-4-8-12-24-13(22)23-11-7-3-1-5-9-14(17,18)15(19,20)21/h1-12H2. The number of alkyl halides is 6. The van der Waals surface area contributed by atoms with Gasteiger partial charge in [0.15, 0.2) is 0 Å². The molecule has 0 saturated carbocycles. The van der Waals surface area contributed by atoms with Gasteiger partial charge < -0.3 is 9.47 Å². The summed E-state index contributed by atoms with van der Waals surface area (Å²) < 4.78 is 70.6. The number of carbonyl (C=O) groups excluding carboxylic acids is 1. The Balaban J connectivity index is 3.45. The predicted molar refractivity (Wildman–Crippen MR) is 83.6 cm³/mol. The zero-order valence-corrected chi connectivity index (χ0v) is 15.1. The highest BCUT2D eigenvalue weighted by molar-refractivity contribution is 9.09. The van der Waals surface area contributed by atoms with Gasteiger partial charge in [0.25, 0.3) is 0 Å². The molecule has 0 heterocycles. The van der Waals surface area contributed by atoms with E-state index in [1.165, 1.54) is 0 Å². The SMILES string of the molecule is O=C(OCCCCCCBr)OCCCCCCC(F)(F)C(F)(F)F. The minimum Gasteiger partial charge on any atom is -0.434 e. The van der Waals surface area contributed by atoms with E-state index in [-0.39, 0.29) is 26.1 Å². The number of carbonyl (C=O) groups is 1. The Bertz CT molecular complexity index is 338. The molecule has 0 rings (SSSR count). The molecule has 0 bridgehead atoms. The fourth-order valence-electron chi connectivity index (χ4n) is 1.85. The highest BCUT2D eigenvalue weighted by Gasteiger charge is 2.56. The molecule has 0 spiro atoms. The molecule has 3 nitrogen and oxygen atoms in total. The fraction of sp³-hybridized carbons (Fsp3) is 0.933. The van der Waals surface area contributed by atoms with Gasteiger partial charge in [-0.2, -0.15) is 22.0 Å². The highest BCUT2D eigenvalue weighted by Crippen LogP contribution is 2.39. The predicted octanol–water partition coefficient (Wildman–Crippen LogP) is 6.24. The van der Waals surface area contributed by atoms with Crippen LogP contribution in [0.15, 0.2) is 0 Å². The van der Waals surface area contributed by atoms with Crippen molar-refractivity contribution in [2.75, 3.05) is 18.5 Å². The molecule has 9 heteroatoms. The second kappa shape index (κ2) is 12.7. The van der Waals surface area contributed by atoms with Crippen molar-refractivity contribution in [1.82, 2.24) is 0 Å². The van der Waals surface area contributed by atoms with E-state index in [2.05, 4.69) is 15.9 Å². The summed E-state index contributed by atoms with van der Waals surface area (Å²) in [6.07, 6.45) is -2.84. The summed E-state index contributed by atoms with van der Waals surface area (Å²) in [5.41, 5.74) is 0. The number of rotatable bonds is 13. The van der Waals surface area contributed by atoms with Gasteiger partial charge in [-0.25, -0.2) is 4.79 Å². The summed E-state index contributed by atoms with van der Waals surface area (Å²) >= 11 is 3.32. The summed E-state index contributed by atoms with van der Waals surface area (Å²) in [6.45, 7) is 0.353. The third kappa shape index (κ3) is 11.9. The van der Waals surface area contributed by atoms with Gasteiger partial charge in [0.1, 0.15) is 0 Å². The van der Waals surface area contributed by atoms with Crippen molar-refractivity contribution in [3.05, 3.63) is 0 Å². The minimum atomic E-state index is -5.49. The zero-order chi connectivity index (χ0) is 18.5. The summed E-state index contributed by atoms with van der Waals surface area (Å²) in [5.74, 6) is -4.64. The Kier molecular flexibility index (Phi) is 12.4. The Hall–Kier alpha value is -0.600. The lowest BCUT2D eigenvalue weighted by molar-refractivity contribution is -0.284. The van der Waals surface area contributed by atoms with Gasteiger partial charge in [-0.1, -0.05) is 41.6 Å². The average molecular weight is 427 g/mol. The first-order chi connectivity index (χ1) is 11.2. The van der Waals surface area contributed by atoms with E-state index < -0.39 is 24.7 Å². The van der Waals surface area contributed by atoms with E-state index in [1.807, 2.05) is 0 Å². The Morgan fingerprint density at radius 1 is 0.750 bits per heavy atom. The van der Waals surface area contributed by atoms with E-state index in [4.69, 9.17) is 9.47 Å². The first kappa shape index (κ1) is 23.4. The quantitative estimate of drug-likeness (QED) is 0.151. The molecule has 0 saturated heterocycles. The summed E-state index contributed by atoms with van der Waals surface area (Å²) in [5, 5.41) is 0.948.